The van der Waals surface area contributed by atoms with Gasteiger partial charge in [-0.2, -0.15) is 0 Å². The van der Waals surface area contributed by atoms with Crippen molar-refractivity contribution in [1.29, 1.82) is 0 Å². The Labute approximate surface area is 123 Å². The molecule has 0 aliphatic rings. The summed E-state index contributed by atoms with van der Waals surface area (Å²) < 4.78 is 9.96. The molecular formula is C17H16O4. The Morgan fingerprint density at radius 1 is 1.00 bits per heavy atom. The highest BCUT2D eigenvalue weighted by Crippen LogP contribution is 2.20. The number of benzene rings is 2. The Balaban J connectivity index is 1.98. The van der Waals surface area contributed by atoms with Crippen LogP contribution < -0.4 is 4.74 Å². The van der Waals surface area contributed by atoms with E-state index in [9.17, 15) is 9.59 Å². The zero-order chi connectivity index (χ0) is 15.1. The maximum atomic E-state index is 11.6. The minimum atomic E-state index is -0.612. The fourth-order valence-corrected chi connectivity index (χ4v) is 1.77. The molecule has 0 spiro atoms. The summed E-state index contributed by atoms with van der Waals surface area (Å²) in [7, 11) is 0. The molecule has 0 saturated heterocycles. The predicted octanol–water partition coefficient (Wildman–Crippen LogP) is 3.25. The number of hydrogen-bond donors (Lipinski definition) is 0. The molecule has 0 radical (unpaired) electrons. The lowest BCUT2D eigenvalue weighted by Crippen LogP contribution is -2.07. The molecule has 0 saturated carbocycles. The van der Waals surface area contributed by atoms with Crippen LogP contribution in [0.5, 0.6) is 5.75 Å². The van der Waals surface area contributed by atoms with Crippen LogP contribution >= 0.6 is 0 Å². The normalized spacial score (nSPS) is 10.7. The quantitative estimate of drug-likeness (QED) is 0.480. The van der Waals surface area contributed by atoms with Crippen LogP contribution in [0, 0.1) is 0 Å². The van der Waals surface area contributed by atoms with Gasteiger partial charge in [0.15, 0.2) is 0 Å². The van der Waals surface area contributed by atoms with E-state index in [4.69, 9.17) is 9.47 Å². The molecule has 0 aliphatic carbocycles. The number of carbonyl (C=O) groups excluding carboxylic acids is 2. The Hall–Kier alpha value is -2.62. The molecule has 0 unspecified atom stereocenters. The number of esters is 2. The smallest absolute Gasteiger partial charge is 0.336 e. The summed E-state index contributed by atoms with van der Waals surface area (Å²) in [6, 6.07) is 13.1. The second kappa shape index (κ2) is 7.24. The lowest BCUT2D eigenvalue weighted by atomic mass is 10.1. The lowest BCUT2D eigenvalue weighted by Gasteiger charge is -2.03. The highest BCUT2D eigenvalue weighted by atomic mass is 16.5. The molecule has 4 nitrogen and oxygen atoms in total. The summed E-state index contributed by atoms with van der Waals surface area (Å²) in [6.45, 7) is 2.23. The fraction of sp³-hybridized carbons (Fsp3) is 0.176. The van der Waals surface area contributed by atoms with Crippen molar-refractivity contribution in [3.63, 3.8) is 0 Å². The van der Waals surface area contributed by atoms with Gasteiger partial charge in [-0.25, -0.2) is 9.59 Å². The van der Waals surface area contributed by atoms with Gasteiger partial charge >= 0.3 is 11.9 Å². The van der Waals surface area contributed by atoms with Crippen molar-refractivity contribution < 1.29 is 19.1 Å². The SMILES string of the molecule is CCCOC(=O)/C=C/C(=O)Oc1ccc2ccccc2c1. The molecule has 4 heteroatoms. The van der Waals surface area contributed by atoms with Gasteiger partial charge in [0.25, 0.3) is 0 Å². The van der Waals surface area contributed by atoms with Gasteiger partial charge in [0.1, 0.15) is 5.75 Å². The second-order valence-electron chi connectivity index (χ2n) is 4.43. The van der Waals surface area contributed by atoms with Gasteiger partial charge in [0, 0.05) is 12.2 Å². The van der Waals surface area contributed by atoms with E-state index in [1.165, 1.54) is 0 Å². The first-order valence-corrected chi connectivity index (χ1v) is 6.74. The third-order valence-electron chi connectivity index (χ3n) is 2.74. The first-order valence-electron chi connectivity index (χ1n) is 6.74. The zero-order valence-electron chi connectivity index (χ0n) is 11.7. The molecule has 2 aromatic carbocycles. The summed E-state index contributed by atoms with van der Waals surface area (Å²) in [5.41, 5.74) is 0. The van der Waals surface area contributed by atoms with Gasteiger partial charge in [-0.15, -0.1) is 0 Å². The van der Waals surface area contributed by atoms with E-state index in [-0.39, 0.29) is 0 Å². The van der Waals surface area contributed by atoms with E-state index in [0.29, 0.717) is 12.4 Å². The van der Waals surface area contributed by atoms with Crippen LogP contribution in [0.2, 0.25) is 0 Å². The minimum absolute atomic E-state index is 0.336. The van der Waals surface area contributed by atoms with E-state index in [2.05, 4.69) is 0 Å². The van der Waals surface area contributed by atoms with E-state index in [0.717, 1.165) is 29.3 Å². The summed E-state index contributed by atoms with van der Waals surface area (Å²) in [4.78, 5) is 22.8. The predicted molar refractivity (Wildman–Crippen MR) is 80.0 cm³/mol. The Morgan fingerprint density at radius 3 is 2.48 bits per heavy atom. The van der Waals surface area contributed by atoms with Gasteiger partial charge in [-0.3, -0.25) is 0 Å². The number of hydrogen-bond acceptors (Lipinski definition) is 4. The third kappa shape index (κ3) is 4.45. The Bertz CT molecular complexity index is 673. The van der Waals surface area contributed by atoms with Crippen molar-refractivity contribution in [2.24, 2.45) is 0 Å². The maximum Gasteiger partial charge on any atom is 0.336 e. The molecule has 0 bridgehead atoms. The summed E-state index contributed by atoms with van der Waals surface area (Å²) in [5.74, 6) is -0.726. The summed E-state index contributed by atoms with van der Waals surface area (Å²) in [5, 5.41) is 2.05. The van der Waals surface area contributed by atoms with E-state index in [1.54, 1.807) is 12.1 Å². The van der Waals surface area contributed by atoms with Crippen molar-refractivity contribution in [2.75, 3.05) is 6.61 Å². The van der Waals surface area contributed by atoms with E-state index >= 15 is 0 Å². The molecule has 0 heterocycles. The average Bonchev–Trinajstić information content (AvgIpc) is 2.50. The van der Waals surface area contributed by atoms with Crippen molar-refractivity contribution in [3.8, 4) is 5.75 Å². The maximum absolute atomic E-state index is 11.6. The van der Waals surface area contributed by atoms with Crippen LogP contribution in [0.25, 0.3) is 10.8 Å². The number of carbonyl (C=O) groups is 2. The van der Waals surface area contributed by atoms with Crippen LogP contribution in [-0.2, 0) is 14.3 Å². The first-order chi connectivity index (χ1) is 10.2. The van der Waals surface area contributed by atoms with Crippen molar-refractivity contribution >= 4 is 22.7 Å². The van der Waals surface area contributed by atoms with Crippen LogP contribution in [0.4, 0.5) is 0 Å². The van der Waals surface area contributed by atoms with E-state index in [1.807, 2.05) is 37.3 Å². The molecule has 2 rings (SSSR count). The highest BCUT2D eigenvalue weighted by Gasteiger charge is 2.03. The van der Waals surface area contributed by atoms with Gasteiger partial charge in [-0.05, 0) is 29.3 Å². The first kappa shape index (κ1) is 14.8. The van der Waals surface area contributed by atoms with Gasteiger partial charge in [0.2, 0.25) is 0 Å². The van der Waals surface area contributed by atoms with Crippen molar-refractivity contribution in [1.82, 2.24) is 0 Å². The summed E-state index contributed by atoms with van der Waals surface area (Å²) in [6.07, 6.45) is 2.87. The van der Waals surface area contributed by atoms with Crippen molar-refractivity contribution in [3.05, 3.63) is 54.6 Å². The van der Waals surface area contributed by atoms with Crippen LogP contribution in [0.1, 0.15) is 13.3 Å². The molecule has 0 fully saturated rings. The van der Waals surface area contributed by atoms with Crippen LogP contribution in [0.15, 0.2) is 54.6 Å². The molecular weight excluding hydrogens is 268 g/mol. The van der Waals surface area contributed by atoms with Gasteiger partial charge in [-0.1, -0.05) is 37.3 Å². The molecule has 0 aliphatic heterocycles. The third-order valence-corrected chi connectivity index (χ3v) is 2.74. The van der Waals surface area contributed by atoms with E-state index < -0.39 is 11.9 Å². The van der Waals surface area contributed by atoms with Crippen LogP contribution in [-0.4, -0.2) is 18.5 Å². The Morgan fingerprint density at radius 2 is 1.71 bits per heavy atom. The lowest BCUT2D eigenvalue weighted by molar-refractivity contribution is -0.138. The van der Waals surface area contributed by atoms with Gasteiger partial charge in [0.05, 0.1) is 6.61 Å². The highest BCUT2D eigenvalue weighted by molar-refractivity contribution is 5.93. The topological polar surface area (TPSA) is 52.6 Å². The van der Waals surface area contributed by atoms with Gasteiger partial charge < -0.3 is 9.47 Å². The molecule has 0 aromatic heterocycles. The second-order valence-corrected chi connectivity index (χ2v) is 4.43. The minimum Gasteiger partial charge on any atom is -0.463 e. The molecule has 0 atom stereocenters. The molecule has 2 aromatic rings. The Kier molecular flexibility index (Phi) is 5.10. The van der Waals surface area contributed by atoms with Crippen molar-refractivity contribution in [2.45, 2.75) is 13.3 Å². The van der Waals surface area contributed by atoms with Crippen LogP contribution in [0.3, 0.4) is 0 Å². The molecule has 0 amide bonds. The zero-order valence-corrected chi connectivity index (χ0v) is 11.7. The largest absolute Gasteiger partial charge is 0.463 e. The number of rotatable bonds is 5. The number of fused-ring (bicyclic) bond motifs is 1. The monoisotopic (exact) mass is 284 g/mol. The molecule has 0 N–H and O–H groups in total. The molecule has 21 heavy (non-hydrogen) atoms. The molecule has 108 valence electrons. The average molecular weight is 284 g/mol. The fourth-order valence-electron chi connectivity index (χ4n) is 1.77. The summed E-state index contributed by atoms with van der Waals surface area (Å²) >= 11 is 0. The standard InChI is InChI=1S/C17H16O4/c1-2-11-20-16(18)9-10-17(19)21-15-8-7-13-5-3-4-6-14(13)12-15/h3-10,12H,2,11H2,1H3/b10-9+. The number of ether oxygens (including phenoxy) is 2.